The topological polar surface area (TPSA) is 76.7 Å². The van der Waals surface area contributed by atoms with Gasteiger partial charge >= 0.3 is 11.8 Å². The molecule has 3 rings (SSSR count). The first kappa shape index (κ1) is 14.2. The van der Waals surface area contributed by atoms with E-state index in [9.17, 15) is 9.59 Å². The summed E-state index contributed by atoms with van der Waals surface area (Å²) >= 11 is 5.75. The van der Waals surface area contributed by atoms with Crippen molar-refractivity contribution in [2.45, 2.75) is 0 Å². The minimum atomic E-state index is -0.784. The molecule has 0 saturated heterocycles. The molecule has 1 aliphatic heterocycles. The van der Waals surface area contributed by atoms with Crippen molar-refractivity contribution in [2.24, 2.45) is 0 Å². The maximum atomic E-state index is 11.9. The van der Waals surface area contributed by atoms with Gasteiger partial charge in [-0.05, 0) is 36.4 Å². The second kappa shape index (κ2) is 5.95. The average molecular weight is 319 g/mol. The molecule has 7 heteroatoms. The van der Waals surface area contributed by atoms with Gasteiger partial charge in [-0.25, -0.2) is 0 Å². The van der Waals surface area contributed by atoms with Crippen molar-refractivity contribution in [3.63, 3.8) is 0 Å². The summed E-state index contributed by atoms with van der Waals surface area (Å²) in [6, 6.07) is 11.3. The third-order valence-electron chi connectivity index (χ3n) is 2.94. The van der Waals surface area contributed by atoms with Crippen molar-refractivity contribution in [2.75, 3.05) is 17.4 Å². The SMILES string of the molecule is O=C(Nc1ccc(Cl)cc1)C(=O)Nc1ccc2c(c1)OCO2. The van der Waals surface area contributed by atoms with Crippen LogP contribution < -0.4 is 20.1 Å². The van der Waals surface area contributed by atoms with E-state index < -0.39 is 11.8 Å². The van der Waals surface area contributed by atoms with Crippen LogP contribution in [0.5, 0.6) is 11.5 Å². The van der Waals surface area contributed by atoms with Gasteiger partial charge in [-0.3, -0.25) is 9.59 Å². The highest BCUT2D eigenvalue weighted by Crippen LogP contribution is 2.34. The molecule has 2 amide bonds. The fourth-order valence-corrected chi connectivity index (χ4v) is 2.01. The highest BCUT2D eigenvalue weighted by atomic mass is 35.5. The van der Waals surface area contributed by atoms with Gasteiger partial charge < -0.3 is 20.1 Å². The van der Waals surface area contributed by atoms with Gasteiger partial charge in [0.2, 0.25) is 6.79 Å². The first-order valence-corrected chi connectivity index (χ1v) is 6.77. The highest BCUT2D eigenvalue weighted by Gasteiger charge is 2.17. The molecule has 0 aliphatic carbocycles. The Morgan fingerprint density at radius 3 is 2.18 bits per heavy atom. The van der Waals surface area contributed by atoms with E-state index in [4.69, 9.17) is 21.1 Å². The minimum absolute atomic E-state index is 0.143. The molecule has 1 heterocycles. The van der Waals surface area contributed by atoms with Crippen LogP contribution in [0.3, 0.4) is 0 Å². The van der Waals surface area contributed by atoms with Crippen LogP contribution in [0.15, 0.2) is 42.5 Å². The smallest absolute Gasteiger partial charge is 0.314 e. The van der Waals surface area contributed by atoms with Gasteiger partial charge in [0.1, 0.15) is 0 Å². The van der Waals surface area contributed by atoms with E-state index in [1.54, 1.807) is 42.5 Å². The monoisotopic (exact) mass is 318 g/mol. The number of hydrogen-bond donors (Lipinski definition) is 2. The van der Waals surface area contributed by atoms with E-state index in [0.717, 1.165) is 0 Å². The second-order valence-electron chi connectivity index (χ2n) is 4.48. The zero-order valence-corrected chi connectivity index (χ0v) is 12.0. The standard InChI is InChI=1S/C15H11ClN2O4/c16-9-1-3-10(4-2-9)17-14(19)15(20)18-11-5-6-12-13(7-11)22-8-21-12/h1-7H,8H2,(H,17,19)(H,18,20). The van der Waals surface area contributed by atoms with Gasteiger partial charge in [0.25, 0.3) is 0 Å². The predicted octanol–water partition coefficient (Wildman–Crippen LogP) is 2.65. The van der Waals surface area contributed by atoms with Crippen LogP contribution in [0.4, 0.5) is 11.4 Å². The van der Waals surface area contributed by atoms with Crippen molar-refractivity contribution in [1.82, 2.24) is 0 Å². The van der Waals surface area contributed by atoms with Crippen molar-refractivity contribution in [1.29, 1.82) is 0 Å². The number of ether oxygens (including phenoxy) is 2. The Bertz CT molecular complexity index is 731. The van der Waals surface area contributed by atoms with Crippen LogP contribution in [-0.4, -0.2) is 18.6 Å². The number of carbonyl (C=O) groups excluding carboxylic acids is 2. The number of carbonyl (C=O) groups is 2. The lowest BCUT2D eigenvalue weighted by atomic mass is 10.2. The molecule has 112 valence electrons. The largest absolute Gasteiger partial charge is 0.454 e. The summed E-state index contributed by atoms with van der Waals surface area (Å²) in [5, 5.41) is 5.51. The quantitative estimate of drug-likeness (QED) is 0.835. The number of anilines is 2. The van der Waals surface area contributed by atoms with Gasteiger partial charge in [0.15, 0.2) is 11.5 Å². The van der Waals surface area contributed by atoms with E-state index in [-0.39, 0.29) is 6.79 Å². The fourth-order valence-electron chi connectivity index (χ4n) is 1.88. The number of benzene rings is 2. The summed E-state index contributed by atoms with van der Waals surface area (Å²) in [6.45, 7) is 0.143. The maximum Gasteiger partial charge on any atom is 0.314 e. The molecule has 0 aromatic heterocycles. The van der Waals surface area contributed by atoms with E-state index in [2.05, 4.69) is 10.6 Å². The Balaban J connectivity index is 1.63. The molecule has 22 heavy (non-hydrogen) atoms. The number of fused-ring (bicyclic) bond motifs is 1. The fraction of sp³-hybridized carbons (Fsp3) is 0.0667. The Labute approximate surface area is 131 Å². The van der Waals surface area contributed by atoms with Crippen LogP contribution in [0, 0.1) is 0 Å². The van der Waals surface area contributed by atoms with Crippen LogP contribution in [-0.2, 0) is 9.59 Å². The molecule has 0 saturated carbocycles. The lowest BCUT2D eigenvalue weighted by molar-refractivity contribution is -0.132. The Kier molecular flexibility index (Phi) is 3.84. The number of rotatable bonds is 2. The third kappa shape index (κ3) is 3.12. The number of halogens is 1. The molecule has 2 aromatic carbocycles. The molecule has 0 atom stereocenters. The Morgan fingerprint density at radius 2 is 1.45 bits per heavy atom. The summed E-state index contributed by atoms with van der Waals surface area (Å²) in [5.41, 5.74) is 0.927. The first-order chi connectivity index (χ1) is 10.6. The summed E-state index contributed by atoms with van der Waals surface area (Å²) in [6.07, 6.45) is 0. The van der Waals surface area contributed by atoms with E-state index in [1.807, 2.05) is 0 Å². The molecule has 6 nitrogen and oxygen atoms in total. The summed E-state index contributed by atoms with van der Waals surface area (Å²) in [7, 11) is 0. The molecule has 2 aromatic rings. The highest BCUT2D eigenvalue weighted by molar-refractivity contribution is 6.43. The summed E-state index contributed by atoms with van der Waals surface area (Å²) in [4.78, 5) is 23.7. The third-order valence-corrected chi connectivity index (χ3v) is 3.19. The first-order valence-electron chi connectivity index (χ1n) is 6.39. The molecule has 2 N–H and O–H groups in total. The van der Waals surface area contributed by atoms with Crippen molar-refractivity contribution < 1.29 is 19.1 Å². The molecular formula is C15H11ClN2O4. The van der Waals surface area contributed by atoms with Crippen LogP contribution in [0.25, 0.3) is 0 Å². The van der Waals surface area contributed by atoms with E-state index in [0.29, 0.717) is 27.9 Å². The molecule has 0 spiro atoms. The van der Waals surface area contributed by atoms with Crippen LogP contribution in [0.2, 0.25) is 5.02 Å². The van der Waals surface area contributed by atoms with Gasteiger partial charge in [0.05, 0.1) is 0 Å². The second-order valence-corrected chi connectivity index (χ2v) is 4.92. The average Bonchev–Trinajstić information content (AvgIpc) is 2.97. The van der Waals surface area contributed by atoms with Crippen LogP contribution in [0.1, 0.15) is 0 Å². The number of amides is 2. The molecule has 0 bridgehead atoms. The number of hydrogen-bond acceptors (Lipinski definition) is 4. The zero-order chi connectivity index (χ0) is 15.5. The summed E-state index contributed by atoms with van der Waals surface area (Å²) in [5.74, 6) is -0.437. The maximum absolute atomic E-state index is 11.9. The lowest BCUT2D eigenvalue weighted by Gasteiger charge is -2.07. The molecule has 0 unspecified atom stereocenters. The van der Waals surface area contributed by atoms with Crippen LogP contribution >= 0.6 is 11.6 Å². The predicted molar refractivity (Wildman–Crippen MR) is 81.3 cm³/mol. The van der Waals surface area contributed by atoms with Gasteiger partial charge in [0, 0.05) is 22.5 Å². The molecule has 1 aliphatic rings. The van der Waals surface area contributed by atoms with Crippen molar-refractivity contribution >= 4 is 34.8 Å². The Morgan fingerprint density at radius 1 is 0.864 bits per heavy atom. The van der Waals surface area contributed by atoms with Gasteiger partial charge in [-0.15, -0.1) is 0 Å². The van der Waals surface area contributed by atoms with Crippen molar-refractivity contribution in [3.05, 3.63) is 47.5 Å². The Hall–Kier alpha value is -2.73. The van der Waals surface area contributed by atoms with Gasteiger partial charge in [-0.1, -0.05) is 11.6 Å². The van der Waals surface area contributed by atoms with E-state index in [1.165, 1.54) is 0 Å². The minimum Gasteiger partial charge on any atom is -0.454 e. The normalized spacial score (nSPS) is 11.9. The zero-order valence-electron chi connectivity index (χ0n) is 11.3. The van der Waals surface area contributed by atoms with Crippen molar-refractivity contribution in [3.8, 4) is 11.5 Å². The van der Waals surface area contributed by atoms with Gasteiger partial charge in [-0.2, -0.15) is 0 Å². The molecule has 0 radical (unpaired) electrons. The lowest BCUT2D eigenvalue weighted by Crippen LogP contribution is -2.29. The molecular weight excluding hydrogens is 308 g/mol. The molecule has 0 fully saturated rings. The number of nitrogens with one attached hydrogen (secondary N) is 2. The summed E-state index contributed by atoms with van der Waals surface area (Å²) < 4.78 is 10.4. The van der Waals surface area contributed by atoms with E-state index >= 15 is 0 Å².